The first-order valence-electron chi connectivity index (χ1n) is 16.6. The number of carbonyl (C=O) groups excluding carboxylic acids is 2. The van der Waals surface area contributed by atoms with Crippen LogP contribution in [-0.2, 0) is 22.4 Å². The predicted molar refractivity (Wildman–Crippen MR) is 176 cm³/mol. The first-order valence-corrected chi connectivity index (χ1v) is 16.6. The van der Waals surface area contributed by atoms with E-state index in [4.69, 9.17) is 20.2 Å². The number of nitrogens with zero attached hydrogens (tertiary/aromatic N) is 4. The fraction of sp³-hybridized carbons (Fsp3) is 0.405. The summed E-state index contributed by atoms with van der Waals surface area (Å²) in [7, 11) is 0. The van der Waals surface area contributed by atoms with Crippen molar-refractivity contribution in [1.29, 1.82) is 0 Å². The number of benzene rings is 2. The molecule has 2 aliphatic carbocycles. The molecule has 1 saturated carbocycles. The molecule has 3 heterocycles. The van der Waals surface area contributed by atoms with Gasteiger partial charge in [0, 0.05) is 30.1 Å². The summed E-state index contributed by atoms with van der Waals surface area (Å²) in [6.45, 7) is 5.93. The van der Waals surface area contributed by atoms with Crippen molar-refractivity contribution in [1.82, 2.24) is 19.7 Å². The van der Waals surface area contributed by atoms with Gasteiger partial charge in [0.2, 0.25) is 5.91 Å². The molecule has 4 aromatic rings. The lowest BCUT2D eigenvalue weighted by Crippen LogP contribution is -2.38. The van der Waals surface area contributed by atoms with Crippen LogP contribution in [-0.4, -0.2) is 51.2 Å². The lowest BCUT2D eigenvalue weighted by atomic mass is 9.85. The number of piperidine rings is 1. The molecule has 9 heteroatoms. The van der Waals surface area contributed by atoms with E-state index in [1.807, 2.05) is 18.2 Å². The number of amides is 1. The summed E-state index contributed by atoms with van der Waals surface area (Å²) in [5, 5.41) is 4.33. The average Bonchev–Trinajstić information content (AvgIpc) is 3.75. The minimum atomic E-state index is -0.506. The van der Waals surface area contributed by atoms with Crippen LogP contribution in [0.5, 0.6) is 5.75 Å². The summed E-state index contributed by atoms with van der Waals surface area (Å²) in [4.78, 5) is 31.9. The Morgan fingerprint density at radius 2 is 1.78 bits per heavy atom. The molecule has 9 nitrogen and oxygen atoms in total. The second-order valence-corrected chi connectivity index (χ2v) is 12.6. The van der Waals surface area contributed by atoms with Crippen LogP contribution in [0.25, 0.3) is 17.1 Å². The number of rotatable bonds is 9. The number of carbonyl (C=O) groups is 2. The minimum Gasteiger partial charge on any atom is -0.486 e. The summed E-state index contributed by atoms with van der Waals surface area (Å²) < 4.78 is 13.3. The zero-order chi connectivity index (χ0) is 31.8. The molecule has 2 aromatic carbocycles. The van der Waals surface area contributed by atoms with E-state index in [-0.39, 0.29) is 24.1 Å². The zero-order valence-electron chi connectivity index (χ0n) is 26.6. The van der Waals surface area contributed by atoms with Crippen LogP contribution in [0.3, 0.4) is 0 Å². The van der Waals surface area contributed by atoms with E-state index in [9.17, 15) is 9.59 Å². The molecule has 238 valence electrons. The molecule has 1 amide bonds. The number of ether oxygens (including phenoxy) is 2. The first-order chi connectivity index (χ1) is 22.4. The average molecular weight is 620 g/mol. The Balaban J connectivity index is 1.11. The number of anilines is 1. The molecule has 1 saturated heterocycles. The second-order valence-electron chi connectivity index (χ2n) is 12.6. The van der Waals surface area contributed by atoms with Crippen molar-refractivity contribution in [2.75, 3.05) is 25.4 Å². The molecule has 0 spiro atoms. The number of hydrogen-bond donors (Lipinski definition) is 1. The number of hydrogen-bond acceptors (Lipinski definition) is 7. The largest absolute Gasteiger partial charge is 0.486 e. The molecule has 2 aromatic heterocycles. The second kappa shape index (κ2) is 12.6. The van der Waals surface area contributed by atoms with Crippen molar-refractivity contribution in [2.45, 2.75) is 70.8 Å². The van der Waals surface area contributed by atoms with Gasteiger partial charge in [-0.3, -0.25) is 4.79 Å². The fourth-order valence-corrected chi connectivity index (χ4v) is 7.10. The van der Waals surface area contributed by atoms with Gasteiger partial charge in [-0.15, -0.1) is 0 Å². The Labute approximate surface area is 269 Å². The highest BCUT2D eigenvalue weighted by atomic mass is 16.5. The molecule has 1 atom stereocenters. The van der Waals surface area contributed by atoms with Crippen molar-refractivity contribution in [2.24, 2.45) is 5.92 Å². The first kappa shape index (κ1) is 30.0. The van der Waals surface area contributed by atoms with Gasteiger partial charge in [0.15, 0.2) is 5.82 Å². The molecular weight excluding hydrogens is 578 g/mol. The van der Waals surface area contributed by atoms with E-state index in [2.05, 4.69) is 53.3 Å². The lowest BCUT2D eigenvalue weighted by molar-refractivity contribution is -0.133. The Bertz CT molecular complexity index is 1770. The summed E-state index contributed by atoms with van der Waals surface area (Å²) in [5.41, 5.74) is 13.4. The topological polar surface area (TPSA) is 113 Å². The Morgan fingerprint density at radius 1 is 0.978 bits per heavy atom. The van der Waals surface area contributed by atoms with Crippen molar-refractivity contribution in [3.8, 4) is 22.8 Å². The van der Waals surface area contributed by atoms with Gasteiger partial charge in [-0.25, -0.2) is 9.78 Å². The van der Waals surface area contributed by atoms with E-state index >= 15 is 0 Å². The van der Waals surface area contributed by atoms with Crippen molar-refractivity contribution >= 4 is 17.7 Å². The molecule has 7 rings (SSSR count). The quantitative estimate of drug-likeness (QED) is 0.215. The van der Waals surface area contributed by atoms with E-state index < -0.39 is 5.97 Å². The van der Waals surface area contributed by atoms with Gasteiger partial charge in [-0.2, -0.15) is 9.78 Å². The Kier molecular flexibility index (Phi) is 8.23. The molecular formula is C37H41N5O4. The Hall–Kier alpha value is -4.66. The predicted octanol–water partition coefficient (Wildman–Crippen LogP) is 6.44. The number of nitrogen functional groups attached to an aromatic ring is 1. The van der Waals surface area contributed by atoms with Gasteiger partial charge < -0.3 is 20.1 Å². The molecule has 3 aliphatic rings. The summed E-state index contributed by atoms with van der Waals surface area (Å²) in [6.07, 6.45) is 8.24. The highest BCUT2D eigenvalue weighted by Gasteiger charge is 2.35. The lowest BCUT2D eigenvalue weighted by Gasteiger charge is -2.33. The molecule has 46 heavy (non-hydrogen) atoms. The van der Waals surface area contributed by atoms with Crippen LogP contribution in [0.15, 0.2) is 60.8 Å². The van der Waals surface area contributed by atoms with E-state index in [0.717, 1.165) is 80.6 Å². The van der Waals surface area contributed by atoms with Gasteiger partial charge in [-0.1, -0.05) is 37.3 Å². The van der Waals surface area contributed by atoms with Gasteiger partial charge in [0.25, 0.3) is 0 Å². The van der Waals surface area contributed by atoms with E-state index in [0.29, 0.717) is 23.6 Å². The monoisotopic (exact) mass is 619 g/mol. The Morgan fingerprint density at radius 3 is 2.54 bits per heavy atom. The summed E-state index contributed by atoms with van der Waals surface area (Å²) in [6, 6.07) is 18.6. The van der Waals surface area contributed by atoms with Gasteiger partial charge in [0.05, 0.1) is 18.5 Å². The van der Waals surface area contributed by atoms with E-state index in [1.165, 1.54) is 27.6 Å². The number of aromatic nitrogens is 3. The maximum Gasteiger partial charge on any atom is 0.343 e. The third kappa shape index (κ3) is 5.74. The summed E-state index contributed by atoms with van der Waals surface area (Å²) in [5.74, 6) is 2.22. The number of likely N-dealkylation sites (tertiary alicyclic amines) is 1. The fourth-order valence-electron chi connectivity index (χ4n) is 7.10. The van der Waals surface area contributed by atoms with Crippen molar-refractivity contribution in [3.05, 3.63) is 88.6 Å². The number of pyridine rings is 1. The summed E-state index contributed by atoms with van der Waals surface area (Å²) >= 11 is 0. The molecule has 1 aliphatic heterocycles. The standard InChI is InChI=1S/C37H41N5O4/c1-3-23-21-27(14-15-28(23)24-17-19-41(20-18-24)36(43)26-11-12-26)46-32-16-13-25-7-5-8-29(34(25)32)31-9-6-10-33(40-31)42-35(38)30(22-39-42)37(44)45-4-2/h5-10,14-15,21-22,24,26,32H,3-4,11-13,16-20,38H2,1-2H3/t32-/m0/s1. The molecule has 0 radical (unpaired) electrons. The van der Waals surface area contributed by atoms with Crippen LogP contribution in [0.1, 0.15) is 90.6 Å². The highest BCUT2D eigenvalue weighted by molar-refractivity contribution is 5.94. The van der Waals surface area contributed by atoms with Gasteiger partial charge in [-0.05, 0) is 98.7 Å². The normalized spacial score (nSPS) is 18.0. The maximum atomic E-state index is 12.6. The number of nitrogens with two attached hydrogens (primary N) is 1. The van der Waals surface area contributed by atoms with Gasteiger partial charge in [0.1, 0.15) is 23.2 Å². The van der Waals surface area contributed by atoms with Crippen LogP contribution >= 0.6 is 0 Å². The van der Waals surface area contributed by atoms with Gasteiger partial charge >= 0.3 is 5.97 Å². The minimum absolute atomic E-state index is 0.103. The number of aryl methyl sites for hydroxylation is 2. The van der Waals surface area contributed by atoms with Crippen molar-refractivity contribution < 1.29 is 19.1 Å². The van der Waals surface area contributed by atoms with Crippen molar-refractivity contribution in [3.63, 3.8) is 0 Å². The zero-order valence-corrected chi connectivity index (χ0v) is 26.6. The SMILES string of the molecule is CCOC(=O)c1cnn(-c2cccc(-c3cccc4c3[C@@H](Oc3ccc(C5CCN(C(=O)C6CC6)CC5)c(CC)c3)CC4)n2)c1N. The molecule has 0 unspecified atom stereocenters. The third-order valence-corrected chi connectivity index (χ3v) is 9.67. The maximum absolute atomic E-state index is 12.6. The van der Waals surface area contributed by atoms with Crippen LogP contribution in [0, 0.1) is 5.92 Å². The molecule has 2 N–H and O–H groups in total. The van der Waals surface area contributed by atoms with Crippen LogP contribution < -0.4 is 10.5 Å². The number of fused-ring (bicyclic) bond motifs is 1. The number of esters is 1. The van der Waals surface area contributed by atoms with E-state index in [1.54, 1.807) is 6.92 Å². The third-order valence-electron chi connectivity index (χ3n) is 9.67. The molecule has 0 bridgehead atoms. The van der Waals surface area contributed by atoms with Crippen LogP contribution in [0.2, 0.25) is 0 Å². The molecule has 2 fully saturated rings. The smallest absolute Gasteiger partial charge is 0.343 e. The van der Waals surface area contributed by atoms with Crippen LogP contribution in [0.4, 0.5) is 5.82 Å². The highest BCUT2D eigenvalue weighted by Crippen LogP contribution is 2.42.